The number of hydrogen-bond acceptors (Lipinski definition) is 6. The Balaban J connectivity index is 0.000000279. The molecule has 1 unspecified atom stereocenters. The first-order valence-electron chi connectivity index (χ1n) is 8.55. The second kappa shape index (κ2) is 10.2. The summed E-state index contributed by atoms with van der Waals surface area (Å²) in [4.78, 5) is 34.8. The zero-order valence-electron chi connectivity index (χ0n) is 14.8. The zero-order valence-corrected chi connectivity index (χ0v) is 14.8. The number of amides is 1. The lowest BCUT2D eigenvalue weighted by Gasteiger charge is -2.36. The van der Waals surface area contributed by atoms with Gasteiger partial charge >= 0.3 is 18.0 Å². The first-order chi connectivity index (χ1) is 12.9. The van der Waals surface area contributed by atoms with E-state index in [-0.39, 0.29) is 12.2 Å². The second-order valence-corrected chi connectivity index (χ2v) is 6.04. The van der Waals surface area contributed by atoms with E-state index >= 15 is 0 Å². The van der Waals surface area contributed by atoms with Crippen LogP contribution in [0.1, 0.15) is 0 Å². The number of carboxylic acid groups (broad SMARTS) is 2. The summed E-state index contributed by atoms with van der Waals surface area (Å²) in [6.07, 6.45) is 0.841. The van der Waals surface area contributed by atoms with Gasteiger partial charge < -0.3 is 25.2 Å². The Morgan fingerprint density at radius 2 is 1.67 bits per heavy atom. The van der Waals surface area contributed by atoms with Crippen molar-refractivity contribution in [3.05, 3.63) is 42.5 Å². The van der Waals surface area contributed by atoms with Crippen LogP contribution in [-0.2, 0) is 14.3 Å². The third-order valence-corrected chi connectivity index (χ3v) is 4.07. The first kappa shape index (κ1) is 20.2. The van der Waals surface area contributed by atoms with Crippen LogP contribution in [0.5, 0.6) is 0 Å². The standard InChI is InChI=1S/C14H19N3O2.C4H4O4/c18-14-15-10-13(19-14)11-16-6-8-17(9-7-16)12-4-2-1-3-5-12;5-3(6)1-2-4(7)8/h1-5,13H,6-11H2,(H,15,18);1-2H,(H,5,6)(H,7,8). The number of piperazine rings is 1. The van der Waals surface area contributed by atoms with Gasteiger partial charge in [0.05, 0.1) is 6.54 Å². The smallest absolute Gasteiger partial charge is 0.407 e. The van der Waals surface area contributed by atoms with Crippen molar-refractivity contribution >= 4 is 23.7 Å². The molecule has 0 aliphatic carbocycles. The number of para-hydroxylation sites is 1. The lowest BCUT2D eigenvalue weighted by atomic mass is 10.2. The Hall–Kier alpha value is -3.07. The number of nitrogens with zero attached hydrogens (tertiary/aromatic N) is 2. The molecule has 9 nitrogen and oxygen atoms in total. The Bertz CT molecular complexity index is 655. The molecule has 2 heterocycles. The normalized spacial score (nSPS) is 19.8. The minimum Gasteiger partial charge on any atom is -0.478 e. The van der Waals surface area contributed by atoms with E-state index in [1.807, 2.05) is 6.07 Å². The molecule has 1 aromatic carbocycles. The molecule has 3 rings (SSSR count). The van der Waals surface area contributed by atoms with Gasteiger partial charge in [-0.3, -0.25) is 4.90 Å². The number of hydrogen-bond donors (Lipinski definition) is 3. The number of cyclic esters (lactones) is 1. The average Bonchev–Trinajstić information content (AvgIpc) is 3.07. The number of rotatable bonds is 5. The number of ether oxygens (including phenoxy) is 1. The summed E-state index contributed by atoms with van der Waals surface area (Å²) in [6, 6.07) is 10.5. The minimum atomic E-state index is -1.26. The predicted octanol–water partition coefficient (Wildman–Crippen LogP) is 0.629. The first-order valence-corrected chi connectivity index (χ1v) is 8.55. The van der Waals surface area contributed by atoms with E-state index < -0.39 is 11.9 Å². The van der Waals surface area contributed by atoms with E-state index in [1.54, 1.807) is 0 Å². The molecule has 2 aliphatic rings. The Labute approximate surface area is 156 Å². The van der Waals surface area contributed by atoms with Gasteiger partial charge in [0.1, 0.15) is 6.10 Å². The van der Waals surface area contributed by atoms with Gasteiger partial charge in [0, 0.05) is 50.6 Å². The van der Waals surface area contributed by atoms with Crippen LogP contribution < -0.4 is 10.2 Å². The molecule has 1 atom stereocenters. The van der Waals surface area contributed by atoms with Crippen molar-refractivity contribution in [2.75, 3.05) is 44.2 Å². The highest BCUT2D eigenvalue weighted by molar-refractivity contribution is 5.89. The fraction of sp³-hybridized carbons (Fsp3) is 0.389. The third-order valence-electron chi connectivity index (χ3n) is 4.07. The van der Waals surface area contributed by atoms with Crippen LogP contribution in [0.2, 0.25) is 0 Å². The van der Waals surface area contributed by atoms with Crippen LogP contribution in [0.4, 0.5) is 10.5 Å². The molecule has 9 heteroatoms. The molecule has 0 saturated carbocycles. The lowest BCUT2D eigenvalue weighted by Crippen LogP contribution is -2.49. The summed E-state index contributed by atoms with van der Waals surface area (Å²) in [5.74, 6) is -2.51. The predicted molar refractivity (Wildman–Crippen MR) is 97.8 cm³/mol. The molecule has 1 aromatic rings. The Morgan fingerprint density at radius 3 is 2.15 bits per heavy atom. The van der Waals surface area contributed by atoms with Gasteiger partial charge in [0.25, 0.3) is 0 Å². The maximum absolute atomic E-state index is 11.0. The van der Waals surface area contributed by atoms with E-state index in [9.17, 15) is 14.4 Å². The number of carbonyl (C=O) groups excluding carboxylic acids is 1. The average molecular weight is 377 g/mol. The Kier molecular flexibility index (Phi) is 7.63. The van der Waals surface area contributed by atoms with Gasteiger partial charge in [-0.15, -0.1) is 0 Å². The third kappa shape index (κ3) is 7.37. The van der Waals surface area contributed by atoms with Crippen molar-refractivity contribution in [1.29, 1.82) is 0 Å². The van der Waals surface area contributed by atoms with Gasteiger partial charge in [-0.25, -0.2) is 14.4 Å². The van der Waals surface area contributed by atoms with E-state index in [4.69, 9.17) is 14.9 Å². The summed E-state index contributed by atoms with van der Waals surface area (Å²) in [5, 5.41) is 18.3. The molecule has 0 radical (unpaired) electrons. The molecule has 3 N–H and O–H groups in total. The van der Waals surface area contributed by atoms with Gasteiger partial charge in [-0.2, -0.15) is 0 Å². The van der Waals surface area contributed by atoms with Gasteiger partial charge in [-0.1, -0.05) is 18.2 Å². The molecule has 2 saturated heterocycles. The molecule has 0 spiro atoms. The maximum Gasteiger partial charge on any atom is 0.407 e. The maximum atomic E-state index is 11.0. The van der Waals surface area contributed by atoms with Crippen LogP contribution in [0.25, 0.3) is 0 Å². The molecule has 2 fully saturated rings. The van der Waals surface area contributed by atoms with Gasteiger partial charge in [0.15, 0.2) is 0 Å². The van der Waals surface area contributed by atoms with E-state index in [2.05, 4.69) is 39.4 Å². The number of benzene rings is 1. The monoisotopic (exact) mass is 377 g/mol. The number of carbonyl (C=O) groups is 3. The molecular weight excluding hydrogens is 354 g/mol. The highest BCUT2D eigenvalue weighted by Gasteiger charge is 2.26. The van der Waals surface area contributed by atoms with Crippen molar-refractivity contribution in [2.45, 2.75) is 6.10 Å². The number of carboxylic acids is 2. The van der Waals surface area contributed by atoms with E-state index in [0.717, 1.165) is 32.7 Å². The molecule has 27 heavy (non-hydrogen) atoms. The molecule has 0 bridgehead atoms. The largest absolute Gasteiger partial charge is 0.478 e. The van der Waals surface area contributed by atoms with Crippen LogP contribution in [0, 0.1) is 0 Å². The highest BCUT2D eigenvalue weighted by Crippen LogP contribution is 2.16. The van der Waals surface area contributed by atoms with Crippen molar-refractivity contribution in [2.24, 2.45) is 0 Å². The highest BCUT2D eigenvalue weighted by atomic mass is 16.6. The van der Waals surface area contributed by atoms with Crippen LogP contribution in [0.3, 0.4) is 0 Å². The molecule has 2 aliphatic heterocycles. The van der Waals surface area contributed by atoms with Crippen LogP contribution in [-0.4, -0.2) is 78.5 Å². The van der Waals surface area contributed by atoms with Crippen molar-refractivity contribution in [1.82, 2.24) is 10.2 Å². The minimum absolute atomic E-state index is 0.00998. The summed E-state index contributed by atoms with van der Waals surface area (Å²) in [7, 11) is 0. The fourth-order valence-electron chi connectivity index (χ4n) is 2.79. The van der Waals surface area contributed by atoms with Crippen LogP contribution in [0.15, 0.2) is 42.5 Å². The summed E-state index contributed by atoms with van der Waals surface area (Å²) >= 11 is 0. The molecule has 0 aromatic heterocycles. The van der Waals surface area contributed by atoms with Gasteiger partial charge in [0.2, 0.25) is 0 Å². The SMILES string of the molecule is O=C(O)C=CC(=O)O.O=C1NCC(CN2CCN(c3ccccc3)CC2)O1. The molecule has 146 valence electrons. The van der Waals surface area contributed by atoms with Crippen LogP contribution >= 0.6 is 0 Å². The number of anilines is 1. The number of aliphatic carboxylic acids is 2. The van der Waals surface area contributed by atoms with Crippen molar-refractivity contribution in [3.8, 4) is 0 Å². The summed E-state index contributed by atoms with van der Waals surface area (Å²) < 4.78 is 5.17. The molecular formula is C18H23N3O6. The van der Waals surface area contributed by atoms with Crippen molar-refractivity contribution in [3.63, 3.8) is 0 Å². The Morgan fingerprint density at radius 1 is 1.07 bits per heavy atom. The summed E-state index contributed by atoms with van der Waals surface area (Å²) in [5.41, 5.74) is 1.29. The zero-order chi connectivity index (χ0) is 19.6. The lowest BCUT2D eigenvalue weighted by molar-refractivity contribution is -0.134. The van der Waals surface area contributed by atoms with E-state index in [0.29, 0.717) is 18.7 Å². The topological polar surface area (TPSA) is 119 Å². The van der Waals surface area contributed by atoms with E-state index in [1.165, 1.54) is 5.69 Å². The quantitative estimate of drug-likeness (QED) is 0.639. The second-order valence-electron chi connectivity index (χ2n) is 6.04. The number of alkyl carbamates (subject to hydrolysis) is 1. The van der Waals surface area contributed by atoms with Crippen molar-refractivity contribution < 1.29 is 29.3 Å². The fourth-order valence-corrected chi connectivity index (χ4v) is 2.79. The van der Waals surface area contributed by atoms with Gasteiger partial charge in [-0.05, 0) is 12.1 Å². The summed E-state index contributed by atoms with van der Waals surface area (Å²) in [6.45, 7) is 5.56. The molecule has 1 amide bonds. The number of nitrogens with one attached hydrogen (secondary N) is 1.